The largest absolute Gasteiger partial charge is 0.311 e. The summed E-state index contributed by atoms with van der Waals surface area (Å²) in [6.07, 6.45) is 7.99. The lowest BCUT2D eigenvalue weighted by Gasteiger charge is -2.28. The number of fused-ring (bicyclic) bond motifs is 2. The summed E-state index contributed by atoms with van der Waals surface area (Å²) in [6, 6.07) is 9.62. The van der Waals surface area contributed by atoms with Gasteiger partial charge in [0, 0.05) is 24.1 Å². The van der Waals surface area contributed by atoms with Crippen LogP contribution >= 0.6 is 0 Å². The zero-order valence-corrected chi connectivity index (χ0v) is 12.4. The molecule has 2 saturated heterocycles. The van der Waals surface area contributed by atoms with Crippen LogP contribution in [0.5, 0.6) is 0 Å². The van der Waals surface area contributed by atoms with Crippen molar-refractivity contribution in [1.82, 2.24) is 5.32 Å². The van der Waals surface area contributed by atoms with Gasteiger partial charge in [0.1, 0.15) is 0 Å². The SMILES string of the molecule is CCCc1ccc(C(=O)CC2CC3CCC(C2)N3)cc1. The van der Waals surface area contributed by atoms with Gasteiger partial charge in [-0.05, 0) is 43.6 Å². The fourth-order valence-electron chi connectivity index (χ4n) is 3.87. The monoisotopic (exact) mass is 271 g/mol. The lowest BCUT2D eigenvalue weighted by atomic mass is 9.87. The molecule has 0 amide bonds. The lowest BCUT2D eigenvalue weighted by molar-refractivity contribution is 0.0945. The minimum absolute atomic E-state index is 0.333. The minimum Gasteiger partial charge on any atom is -0.311 e. The van der Waals surface area contributed by atoms with E-state index in [1.807, 2.05) is 12.1 Å². The molecular weight excluding hydrogens is 246 g/mol. The molecular formula is C18H25NO. The zero-order chi connectivity index (χ0) is 13.9. The molecule has 108 valence electrons. The molecule has 2 atom stereocenters. The van der Waals surface area contributed by atoms with E-state index in [2.05, 4.69) is 24.4 Å². The molecule has 2 unspecified atom stereocenters. The van der Waals surface area contributed by atoms with Crippen molar-refractivity contribution >= 4 is 5.78 Å². The van der Waals surface area contributed by atoms with Crippen LogP contribution < -0.4 is 5.32 Å². The van der Waals surface area contributed by atoms with Crippen molar-refractivity contribution in [2.75, 3.05) is 0 Å². The van der Waals surface area contributed by atoms with Gasteiger partial charge in [-0.25, -0.2) is 0 Å². The molecule has 2 nitrogen and oxygen atoms in total. The van der Waals surface area contributed by atoms with Gasteiger partial charge in [0.15, 0.2) is 5.78 Å². The van der Waals surface area contributed by atoms with E-state index in [9.17, 15) is 4.79 Å². The van der Waals surface area contributed by atoms with Crippen molar-refractivity contribution in [3.63, 3.8) is 0 Å². The van der Waals surface area contributed by atoms with Gasteiger partial charge >= 0.3 is 0 Å². The Morgan fingerprint density at radius 2 is 1.80 bits per heavy atom. The topological polar surface area (TPSA) is 29.1 Å². The number of Topliss-reactive ketones (excluding diaryl/α,β-unsaturated/α-hetero) is 1. The highest BCUT2D eigenvalue weighted by atomic mass is 16.1. The Bertz CT molecular complexity index is 453. The lowest BCUT2D eigenvalue weighted by Crippen LogP contribution is -2.38. The summed E-state index contributed by atoms with van der Waals surface area (Å²) in [6.45, 7) is 2.18. The fraction of sp³-hybridized carbons (Fsp3) is 0.611. The first-order chi connectivity index (χ1) is 9.74. The van der Waals surface area contributed by atoms with Crippen LogP contribution in [0.2, 0.25) is 0 Å². The predicted molar refractivity (Wildman–Crippen MR) is 82.1 cm³/mol. The molecule has 2 fully saturated rings. The van der Waals surface area contributed by atoms with Gasteiger partial charge in [0.2, 0.25) is 0 Å². The number of hydrogen-bond donors (Lipinski definition) is 1. The first-order valence-electron chi connectivity index (χ1n) is 8.12. The van der Waals surface area contributed by atoms with Crippen LogP contribution in [0.15, 0.2) is 24.3 Å². The van der Waals surface area contributed by atoms with Crippen LogP contribution in [0.4, 0.5) is 0 Å². The highest BCUT2D eigenvalue weighted by Gasteiger charge is 2.34. The second kappa shape index (κ2) is 6.09. The van der Waals surface area contributed by atoms with Crippen molar-refractivity contribution < 1.29 is 4.79 Å². The molecule has 0 spiro atoms. The number of nitrogens with one attached hydrogen (secondary N) is 1. The van der Waals surface area contributed by atoms with E-state index in [1.54, 1.807) is 0 Å². The summed E-state index contributed by atoms with van der Waals surface area (Å²) in [5, 5.41) is 3.64. The fourth-order valence-corrected chi connectivity index (χ4v) is 3.87. The molecule has 2 aliphatic rings. The number of rotatable bonds is 5. The van der Waals surface area contributed by atoms with Gasteiger partial charge in [0.05, 0.1) is 0 Å². The van der Waals surface area contributed by atoms with E-state index in [1.165, 1.54) is 31.2 Å². The zero-order valence-electron chi connectivity index (χ0n) is 12.4. The Labute approximate surface area is 122 Å². The van der Waals surface area contributed by atoms with Crippen molar-refractivity contribution in [2.24, 2.45) is 5.92 Å². The molecule has 0 aliphatic carbocycles. The summed E-state index contributed by atoms with van der Waals surface area (Å²) in [5.41, 5.74) is 2.24. The summed E-state index contributed by atoms with van der Waals surface area (Å²) in [4.78, 5) is 12.4. The quantitative estimate of drug-likeness (QED) is 0.827. The highest BCUT2D eigenvalue weighted by molar-refractivity contribution is 5.96. The molecule has 0 aromatic heterocycles. The normalized spacial score (nSPS) is 28.6. The molecule has 3 rings (SSSR count). The summed E-state index contributed by atoms with van der Waals surface area (Å²) in [5.74, 6) is 0.927. The van der Waals surface area contributed by atoms with Crippen LogP contribution in [0.25, 0.3) is 0 Å². The number of carbonyl (C=O) groups is 1. The number of piperidine rings is 1. The van der Waals surface area contributed by atoms with Crippen LogP contribution in [0, 0.1) is 5.92 Å². The Morgan fingerprint density at radius 1 is 1.15 bits per heavy atom. The standard InChI is InChI=1S/C18H25NO/c1-2-3-13-4-6-15(7-5-13)18(20)12-14-10-16-8-9-17(11-14)19-16/h4-7,14,16-17,19H,2-3,8-12H2,1H3. The third-order valence-electron chi connectivity index (χ3n) is 4.86. The van der Waals surface area contributed by atoms with Crippen molar-refractivity contribution in [3.8, 4) is 0 Å². The van der Waals surface area contributed by atoms with E-state index in [0.29, 0.717) is 23.8 Å². The summed E-state index contributed by atoms with van der Waals surface area (Å²) in [7, 11) is 0. The van der Waals surface area contributed by atoms with Crippen molar-refractivity contribution in [1.29, 1.82) is 0 Å². The average Bonchev–Trinajstić information content (AvgIpc) is 2.79. The second-order valence-electron chi connectivity index (χ2n) is 6.55. The Balaban J connectivity index is 1.58. The Morgan fingerprint density at radius 3 is 2.40 bits per heavy atom. The van der Waals surface area contributed by atoms with E-state index in [0.717, 1.165) is 24.8 Å². The average molecular weight is 271 g/mol. The number of hydrogen-bond acceptors (Lipinski definition) is 2. The maximum Gasteiger partial charge on any atom is 0.163 e. The molecule has 20 heavy (non-hydrogen) atoms. The highest BCUT2D eigenvalue weighted by Crippen LogP contribution is 2.33. The van der Waals surface area contributed by atoms with Gasteiger partial charge in [-0.15, -0.1) is 0 Å². The van der Waals surface area contributed by atoms with Crippen LogP contribution in [0.3, 0.4) is 0 Å². The molecule has 2 heterocycles. The van der Waals surface area contributed by atoms with Gasteiger partial charge in [0.25, 0.3) is 0 Å². The number of benzene rings is 1. The van der Waals surface area contributed by atoms with Gasteiger partial charge in [-0.2, -0.15) is 0 Å². The molecule has 2 heteroatoms. The maximum absolute atomic E-state index is 12.4. The second-order valence-corrected chi connectivity index (χ2v) is 6.55. The first kappa shape index (κ1) is 13.8. The van der Waals surface area contributed by atoms with Crippen LogP contribution in [-0.4, -0.2) is 17.9 Å². The van der Waals surface area contributed by atoms with E-state index in [4.69, 9.17) is 0 Å². The molecule has 0 saturated carbocycles. The van der Waals surface area contributed by atoms with Gasteiger partial charge in [-0.1, -0.05) is 37.6 Å². The van der Waals surface area contributed by atoms with Crippen molar-refractivity contribution in [2.45, 2.75) is 64.0 Å². The number of ketones is 1. The van der Waals surface area contributed by atoms with E-state index >= 15 is 0 Å². The van der Waals surface area contributed by atoms with Crippen LogP contribution in [0.1, 0.15) is 61.4 Å². The minimum atomic E-state index is 0.333. The van der Waals surface area contributed by atoms with E-state index in [-0.39, 0.29) is 0 Å². The smallest absolute Gasteiger partial charge is 0.163 e. The van der Waals surface area contributed by atoms with Crippen LogP contribution in [-0.2, 0) is 6.42 Å². The first-order valence-corrected chi connectivity index (χ1v) is 8.12. The maximum atomic E-state index is 12.4. The van der Waals surface area contributed by atoms with Gasteiger partial charge < -0.3 is 5.32 Å². The third-order valence-corrected chi connectivity index (χ3v) is 4.86. The third kappa shape index (κ3) is 3.12. The number of carbonyl (C=O) groups excluding carboxylic acids is 1. The molecule has 1 aromatic rings. The number of aryl methyl sites for hydroxylation is 1. The molecule has 2 bridgehead atoms. The Hall–Kier alpha value is -1.15. The molecule has 1 N–H and O–H groups in total. The molecule has 2 aliphatic heterocycles. The molecule has 0 radical (unpaired) electrons. The Kier molecular flexibility index (Phi) is 4.21. The predicted octanol–water partition coefficient (Wildman–Crippen LogP) is 3.74. The molecule has 1 aromatic carbocycles. The van der Waals surface area contributed by atoms with Crippen molar-refractivity contribution in [3.05, 3.63) is 35.4 Å². The summed E-state index contributed by atoms with van der Waals surface area (Å²) < 4.78 is 0. The van der Waals surface area contributed by atoms with Gasteiger partial charge in [-0.3, -0.25) is 4.79 Å². The summed E-state index contributed by atoms with van der Waals surface area (Å²) >= 11 is 0. The van der Waals surface area contributed by atoms with E-state index < -0.39 is 0 Å².